The van der Waals surface area contributed by atoms with Crippen LogP contribution < -0.4 is 5.73 Å². The molecule has 0 spiro atoms. The van der Waals surface area contributed by atoms with Crippen molar-refractivity contribution in [1.29, 1.82) is 0 Å². The van der Waals surface area contributed by atoms with E-state index in [1.54, 1.807) is 26.0 Å². The van der Waals surface area contributed by atoms with Crippen molar-refractivity contribution in [3.63, 3.8) is 0 Å². The maximum absolute atomic E-state index is 13.3. The molecule has 0 aliphatic heterocycles. The van der Waals surface area contributed by atoms with Crippen molar-refractivity contribution >= 4 is 12.4 Å². The zero-order chi connectivity index (χ0) is 11.7. The molecule has 17 heavy (non-hydrogen) atoms. The van der Waals surface area contributed by atoms with Crippen LogP contribution in [-0.2, 0) is 0 Å². The van der Waals surface area contributed by atoms with Gasteiger partial charge in [0.25, 0.3) is 0 Å². The first-order valence-electron chi connectivity index (χ1n) is 4.93. The predicted molar refractivity (Wildman–Crippen MR) is 64.3 cm³/mol. The number of nitrogens with two attached hydrogens (primary N) is 1. The summed E-state index contributed by atoms with van der Waals surface area (Å²) in [4.78, 5) is 4.08. The fourth-order valence-electron chi connectivity index (χ4n) is 1.27. The minimum absolute atomic E-state index is 0. The maximum Gasteiger partial charge on any atom is 0.243 e. The van der Waals surface area contributed by atoms with E-state index in [1.807, 2.05) is 0 Å². The van der Waals surface area contributed by atoms with Gasteiger partial charge in [0.1, 0.15) is 5.82 Å². The van der Waals surface area contributed by atoms with Gasteiger partial charge in [-0.3, -0.25) is 0 Å². The van der Waals surface area contributed by atoms with Gasteiger partial charge in [-0.2, -0.15) is 4.98 Å². The van der Waals surface area contributed by atoms with Crippen molar-refractivity contribution in [1.82, 2.24) is 10.1 Å². The molecule has 0 unspecified atom stereocenters. The highest BCUT2D eigenvalue weighted by Gasteiger charge is 2.12. The lowest BCUT2D eigenvalue weighted by Crippen LogP contribution is -2.04. The van der Waals surface area contributed by atoms with Crippen LogP contribution in [0.3, 0.4) is 0 Å². The number of hydrogen-bond acceptors (Lipinski definition) is 4. The number of benzene rings is 1. The molecule has 1 aromatic carbocycles. The minimum atomic E-state index is -0.323. The average Bonchev–Trinajstić information content (AvgIpc) is 2.71. The molecule has 0 amide bonds. The normalized spacial score (nSPS) is 12.0. The Kier molecular flexibility index (Phi) is 4.20. The van der Waals surface area contributed by atoms with Gasteiger partial charge in [-0.05, 0) is 25.5 Å². The second kappa shape index (κ2) is 5.25. The Bertz CT molecular complexity index is 513. The highest BCUT2D eigenvalue weighted by atomic mass is 35.5. The van der Waals surface area contributed by atoms with Gasteiger partial charge in [0, 0.05) is 5.56 Å². The van der Waals surface area contributed by atoms with E-state index in [2.05, 4.69) is 10.1 Å². The molecule has 6 heteroatoms. The Morgan fingerprint density at radius 3 is 2.65 bits per heavy atom. The van der Waals surface area contributed by atoms with Gasteiger partial charge in [-0.15, -0.1) is 12.4 Å². The smallest absolute Gasteiger partial charge is 0.243 e. The Hall–Kier alpha value is -1.46. The summed E-state index contributed by atoms with van der Waals surface area (Å²) in [6, 6.07) is 4.47. The van der Waals surface area contributed by atoms with Gasteiger partial charge in [0.2, 0.25) is 11.7 Å². The lowest BCUT2D eigenvalue weighted by molar-refractivity contribution is 0.362. The molecule has 0 fully saturated rings. The van der Waals surface area contributed by atoms with Crippen LogP contribution >= 0.6 is 12.4 Å². The van der Waals surface area contributed by atoms with Crippen molar-refractivity contribution in [2.45, 2.75) is 19.9 Å². The fourth-order valence-corrected chi connectivity index (χ4v) is 1.27. The van der Waals surface area contributed by atoms with Gasteiger partial charge < -0.3 is 10.3 Å². The van der Waals surface area contributed by atoms with Crippen LogP contribution in [-0.4, -0.2) is 10.1 Å². The number of hydrogen-bond donors (Lipinski definition) is 1. The molecule has 0 bridgehead atoms. The second-order valence-electron chi connectivity index (χ2n) is 3.71. The number of nitrogens with zero attached hydrogens (tertiary/aromatic N) is 2. The minimum Gasteiger partial charge on any atom is -0.337 e. The Morgan fingerprint density at radius 1 is 1.41 bits per heavy atom. The van der Waals surface area contributed by atoms with Crippen LogP contribution in [0, 0.1) is 12.7 Å². The van der Waals surface area contributed by atoms with E-state index in [0.29, 0.717) is 22.8 Å². The summed E-state index contributed by atoms with van der Waals surface area (Å²) in [6.45, 7) is 3.44. The molecule has 0 saturated heterocycles. The average molecular weight is 258 g/mol. The predicted octanol–water partition coefficient (Wildman–Crippen LogP) is 2.63. The second-order valence-corrected chi connectivity index (χ2v) is 3.71. The van der Waals surface area contributed by atoms with Crippen molar-refractivity contribution < 1.29 is 8.91 Å². The van der Waals surface area contributed by atoms with Crippen molar-refractivity contribution in [2.24, 2.45) is 5.73 Å². The largest absolute Gasteiger partial charge is 0.337 e. The standard InChI is InChI=1S/C11H12FN3O.ClH/c1-6-3-4-8(5-9(6)12)10-14-11(7(2)13)16-15-10;/h3-5,7H,13H2,1-2H3;1H/t7-;/m0./s1. The van der Waals surface area contributed by atoms with Gasteiger partial charge in [0.05, 0.1) is 6.04 Å². The van der Waals surface area contributed by atoms with Crippen LogP contribution in [0.25, 0.3) is 11.4 Å². The van der Waals surface area contributed by atoms with Crippen LogP contribution in [0.15, 0.2) is 22.7 Å². The van der Waals surface area contributed by atoms with Gasteiger partial charge >= 0.3 is 0 Å². The van der Waals surface area contributed by atoms with Crippen LogP contribution in [0.4, 0.5) is 4.39 Å². The van der Waals surface area contributed by atoms with Crippen molar-refractivity contribution in [2.75, 3.05) is 0 Å². The summed E-state index contributed by atoms with van der Waals surface area (Å²) in [5, 5.41) is 3.75. The molecule has 0 radical (unpaired) electrons. The first kappa shape index (κ1) is 13.6. The third kappa shape index (κ3) is 2.81. The van der Waals surface area contributed by atoms with E-state index in [9.17, 15) is 4.39 Å². The van der Waals surface area contributed by atoms with Gasteiger partial charge in [-0.25, -0.2) is 4.39 Å². The molecule has 0 aliphatic rings. The molecule has 0 saturated carbocycles. The molecule has 2 N–H and O–H groups in total. The van der Waals surface area contributed by atoms with Crippen molar-refractivity contribution in [3.8, 4) is 11.4 Å². The molecule has 2 rings (SSSR count). The zero-order valence-corrected chi connectivity index (χ0v) is 10.3. The third-order valence-corrected chi connectivity index (χ3v) is 2.26. The van der Waals surface area contributed by atoms with E-state index in [4.69, 9.17) is 10.3 Å². The topological polar surface area (TPSA) is 64.9 Å². The summed E-state index contributed by atoms with van der Waals surface area (Å²) in [5.74, 6) is 0.409. The fraction of sp³-hybridized carbons (Fsp3) is 0.273. The number of halogens is 2. The molecule has 1 atom stereocenters. The highest BCUT2D eigenvalue weighted by molar-refractivity contribution is 5.85. The number of rotatable bonds is 2. The lowest BCUT2D eigenvalue weighted by Gasteiger charge is -1.98. The summed E-state index contributed by atoms with van der Waals surface area (Å²) < 4.78 is 18.3. The molecular weight excluding hydrogens is 245 g/mol. The molecular formula is C11H13ClFN3O. The number of aryl methyl sites for hydroxylation is 1. The molecule has 2 aromatic rings. The molecule has 0 aliphatic carbocycles. The molecule has 92 valence electrons. The zero-order valence-electron chi connectivity index (χ0n) is 9.48. The molecule has 1 aromatic heterocycles. The number of aromatic nitrogens is 2. The summed E-state index contributed by atoms with van der Waals surface area (Å²) >= 11 is 0. The Balaban J connectivity index is 0.00000144. The van der Waals surface area contributed by atoms with Crippen LogP contribution in [0.1, 0.15) is 24.4 Å². The molecule has 1 heterocycles. The third-order valence-electron chi connectivity index (χ3n) is 2.26. The first-order valence-corrected chi connectivity index (χ1v) is 4.93. The van der Waals surface area contributed by atoms with E-state index in [1.165, 1.54) is 6.07 Å². The SMILES string of the molecule is Cc1ccc(-c2noc([C@H](C)N)n2)cc1F.Cl. The van der Waals surface area contributed by atoms with Crippen LogP contribution in [0.2, 0.25) is 0 Å². The van der Waals surface area contributed by atoms with Crippen LogP contribution in [0.5, 0.6) is 0 Å². The first-order chi connectivity index (χ1) is 7.58. The Morgan fingerprint density at radius 2 is 2.12 bits per heavy atom. The monoisotopic (exact) mass is 257 g/mol. The van der Waals surface area contributed by atoms with E-state index in [-0.39, 0.29) is 24.3 Å². The summed E-state index contributed by atoms with van der Waals surface area (Å²) in [5.41, 5.74) is 6.75. The maximum atomic E-state index is 13.3. The van der Waals surface area contributed by atoms with E-state index >= 15 is 0 Å². The summed E-state index contributed by atoms with van der Waals surface area (Å²) in [6.07, 6.45) is 0. The lowest BCUT2D eigenvalue weighted by atomic mass is 10.1. The van der Waals surface area contributed by atoms with E-state index in [0.717, 1.165) is 0 Å². The van der Waals surface area contributed by atoms with E-state index < -0.39 is 0 Å². The van der Waals surface area contributed by atoms with Gasteiger partial charge in [-0.1, -0.05) is 17.3 Å². The molecule has 4 nitrogen and oxygen atoms in total. The Labute approximate surface area is 104 Å². The van der Waals surface area contributed by atoms with Gasteiger partial charge in [0.15, 0.2) is 0 Å². The summed E-state index contributed by atoms with van der Waals surface area (Å²) in [7, 11) is 0. The quantitative estimate of drug-likeness (QED) is 0.898. The highest BCUT2D eigenvalue weighted by Crippen LogP contribution is 2.20. The van der Waals surface area contributed by atoms with Crippen molar-refractivity contribution in [3.05, 3.63) is 35.5 Å².